The van der Waals surface area contributed by atoms with Crippen LogP contribution in [0, 0.1) is 0 Å². The highest BCUT2D eigenvalue weighted by molar-refractivity contribution is 7.98. The number of hydrogen-bond donors (Lipinski definition) is 1. The van der Waals surface area contributed by atoms with E-state index in [4.69, 9.17) is 4.74 Å². The Bertz CT molecular complexity index is 836. The van der Waals surface area contributed by atoms with Gasteiger partial charge < -0.3 is 10.1 Å². The minimum Gasteiger partial charge on any atom is -0.489 e. The molecule has 25 heavy (non-hydrogen) atoms. The van der Waals surface area contributed by atoms with Gasteiger partial charge in [0, 0.05) is 34.1 Å². The molecule has 1 N–H and O–H groups in total. The van der Waals surface area contributed by atoms with Gasteiger partial charge in [-0.2, -0.15) is 0 Å². The summed E-state index contributed by atoms with van der Waals surface area (Å²) in [6.07, 6.45) is 5.50. The van der Waals surface area contributed by atoms with E-state index in [9.17, 15) is 4.79 Å². The van der Waals surface area contributed by atoms with Crippen molar-refractivity contribution in [1.29, 1.82) is 0 Å². The van der Waals surface area contributed by atoms with Gasteiger partial charge in [-0.15, -0.1) is 11.8 Å². The van der Waals surface area contributed by atoms with E-state index in [0.29, 0.717) is 17.9 Å². The molecule has 0 aliphatic rings. The van der Waals surface area contributed by atoms with Crippen LogP contribution in [-0.2, 0) is 6.61 Å². The van der Waals surface area contributed by atoms with Crippen molar-refractivity contribution in [2.75, 3.05) is 11.6 Å². The highest BCUT2D eigenvalue weighted by Gasteiger charge is 2.07. The number of hydrogen-bond acceptors (Lipinski definition) is 4. The topological polar surface area (TPSA) is 51.2 Å². The zero-order chi connectivity index (χ0) is 17.5. The molecule has 5 heteroatoms. The van der Waals surface area contributed by atoms with E-state index >= 15 is 0 Å². The summed E-state index contributed by atoms with van der Waals surface area (Å²) in [5.41, 5.74) is 2.37. The summed E-state index contributed by atoms with van der Waals surface area (Å²) < 4.78 is 5.70. The van der Waals surface area contributed by atoms with Crippen molar-refractivity contribution in [1.82, 2.24) is 4.98 Å². The predicted molar refractivity (Wildman–Crippen MR) is 101 cm³/mol. The second kappa shape index (κ2) is 8.35. The Kier molecular flexibility index (Phi) is 5.69. The Balaban J connectivity index is 1.60. The van der Waals surface area contributed by atoms with Crippen LogP contribution in [0.5, 0.6) is 5.75 Å². The average molecular weight is 350 g/mol. The average Bonchev–Trinajstić information content (AvgIpc) is 2.67. The Hall–Kier alpha value is -2.79. The third kappa shape index (κ3) is 4.84. The highest BCUT2D eigenvalue weighted by atomic mass is 32.2. The smallest absolute Gasteiger partial charge is 0.255 e. The fourth-order valence-electron chi connectivity index (χ4n) is 2.26. The SMILES string of the molecule is CSc1cccc(NC(=O)c2ccc(OCc3cccnc3)cc2)c1. The first kappa shape index (κ1) is 17.0. The van der Waals surface area contributed by atoms with Gasteiger partial charge in [-0.05, 0) is 54.8 Å². The van der Waals surface area contributed by atoms with Crippen molar-refractivity contribution < 1.29 is 9.53 Å². The molecule has 0 spiro atoms. The third-order valence-electron chi connectivity index (χ3n) is 3.57. The van der Waals surface area contributed by atoms with Gasteiger partial charge in [0.25, 0.3) is 5.91 Å². The zero-order valence-electron chi connectivity index (χ0n) is 13.8. The van der Waals surface area contributed by atoms with Gasteiger partial charge in [0.2, 0.25) is 0 Å². The molecule has 0 saturated carbocycles. The molecule has 0 fully saturated rings. The van der Waals surface area contributed by atoms with E-state index in [2.05, 4.69) is 10.3 Å². The maximum Gasteiger partial charge on any atom is 0.255 e. The quantitative estimate of drug-likeness (QED) is 0.658. The first-order valence-electron chi connectivity index (χ1n) is 7.82. The van der Waals surface area contributed by atoms with Crippen molar-refractivity contribution in [3.63, 3.8) is 0 Å². The lowest BCUT2D eigenvalue weighted by molar-refractivity contribution is 0.102. The molecule has 0 aliphatic carbocycles. The fourth-order valence-corrected chi connectivity index (χ4v) is 2.72. The molecule has 2 aromatic carbocycles. The molecule has 0 radical (unpaired) electrons. The van der Waals surface area contributed by atoms with Crippen LogP contribution >= 0.6 is 11.8 Å². The standard InChI is InChI=1S/C20H18N2O2S/c1-25-19-6-2-5-17(12-19)22-20(23)16-7-9-18(10-8-16)24-14-15-4-3-11-21-13-15/h2-13H,14H2,1H3,(H,22,23). The number of pyridine rings is 1. The lowest BCUT2D eigenvalue weighted by Gasteiger charge is -2.08. The van der Waals surface area contributed by atoms with E-state index in [1.165, 1.54) is 0 Å². The first-order valence-corrected chi connectivity index (χ1v) is 9.04. The molecule has 0 unspecified atom stereocenters. The molecule has 3 aromatic rings. The number of carbonyl (C=O) groups is 1. The summed E-state index contributed by atoms with van der Waals surface area (Å²) in [5.74, 6) is 0.571. The van der Waals surface area contributed by atoms with Crippen molar-refractivity contribution in [2.24, 2.45) is 0 Å². The number of aromatic nitrogens is 1. The minimum atomic E-state index is -0.142. The highest BCUT2D eigenvalue weighted by Crippen LogP contribution is 2.20. The fraction of sp³-hybridized carbons (Fsp3) is 0.100. The van der Waals surface area contributed by atoms with Crippen LogP contribution in [0.3, 0.4) is 0 Å². The predicted octanol–water partition coefficient (Wildman–Crippen LogP) is 4.63. The van der Waals surface area contributed by atoms with E-state index in [1.54, 1.807) is 48.4 Å². The summed E-state index contributed by atoms with van der Waals surface area (Å²) in [5, 5.41) is 2.91. The van der Waals surface area contributed by atoms with Crippen LogP contribution < -0.4 is 10.1 Å². The summed E-state index contributed by atoms with van der Waals surface area (Å²) in [7, 11) is 0. The molecule has 0 aliphatic heterocycles. The molecule has 126 valence electrons. The van der Waals surface area contributed by atoms with Crippen LogP contribution in [0.4, 0.5) is 5.69 Å². The molecular weight excluding hydrogens is 332 g/mol. The van der Waals surface area contributed by atoms with Gasteiger partial charge in [-0.3, -0.25) is 9.78 Å². The van der Waals surface area contributed by atoms with Gasteiger partial charge >= 0.3 is 0 Å². The van der Waals surface area contributed by atoms with E-state index in [0.717, 1.165) is 16.1 Å². The number of nitrogens with one attached hydrogen (secondary N) is 1. The second-order valence-electron chi connectivity index (χ2n) is 5.36. The maximum atomic E-state index is 12.3. The zero-order valence-corrected chi connectivity index (χ0v) is 14.6. The Labute approximate surface area is 151 Å². The van der Waals surface area contributed by atoms with Gasteiger partial charge in [0.1, 0.15) is 12.4 Å². The number of carbonyl (C=O) groups excluding carboxylic acids is 1. The number of nitrogens with zero attached hydrogens (tertiary/aromatic N) is 1. The van der Waals surface area contributed by atoms with Crippen LogP contribution in [0.2, 0.25) is 0 Å². The van der Waals surface area contributed by atoms with Gasteiger partial charge in [-0.25, -0.2) is 0 Å². The molecule has 1 amide bonds. The van der Waals surface area contributed by atoms with Crippen LogP contribution in [0.1, 0.15) is 15.9 Å². The molecule has 3 rings (SSSR count). The molecular formula is C20H18N2O2S. The largest absolute Gasteiger partial charge is 0.489 e. The number of ether oxygens (including phenoxy) is 1. The maximum absolute atomic E-state index is 12.3. The van der Waals surface area contributed by atoms with Gasteiger partial charge in [0.05, 0.1) is 0 Å². The number of rotatable bonds is 6. The summed E-state index contributed by atoms with van der Waals surface area (Å²) >= 11 is 1.64. The number of thioether (sulfide) groups is 1. The Morgan fingerprint density at radius 1 is 1.12 bits per heavy atom. The molecule has 1 heterocycles. The van der Waals surface area contributed by atoms with E-state index < -0.39 is 0 Å². The van der Waals surface area contributed by atoms with Gasteiger partial charge in [-0.1, -0.05) is 12.1 Å². The van der Waals surface area contributed by atoms with Crippen LogP contribution in [0.15, 0.2) is 78.0 Å². The monoisotopic (exact) mass is 350 g/mol. The third-order valence-corrected chi connectivity index (χ3v) is 4.30. The van der Waals surface area contributed by atoms with E-state index in [1.807, 2.05) is 42.7 Å². The molecule has 0 saturated heterocycles. The number of benzene rings is 2. The van der Waals surface area contributed by atoms with Crippen molar-refractivity contribution in [3.05, 3.63) is 84.2 Å². The molecule has 1 aromatic heterocycles. The normalized spacial score (nSPS) is 10.3. The summed E-state index contributed by atoms with van der Waals surface area (Å²) in [4.78, 5) is 17.5. The Morgan fingerprint density at radius 3 is 2.68 bits per heavy atom. The first-order chi connectivity index (χ1) is 12.2. The summed E-state index contributed by atoms with van der Waals surface area (Å²) in [6, 6.07) is 18.7. The number of anilines is 1. The van der Waals surface area contributed by atoms with Crippen molar-refractivity contribution in [3.8, 4) is 5.75 Å². The lowest BCUT2D eigenvalue weighted by atomic mass is 10.2. The van der Waals surface area contributed by atoms with Crippen LogP contribution in [-0.4, -0.2) is 17.1 Å². The molecule has 4 nitrogen and oxygen atoms in total. The molecule has 0 bridgehead atoms. The number of amides is 1. The summed E-state index contributed by atoms with van der Waals surface area (Å²) in [6.45, 7) is 0.445. The lowest BCUT2D eigenvalue weighted by Crippen LogP contribution is -2.11. The minimum absolute atomic E-state index is 0.142. The van der Waals surface area contributed by atoms with Crippen molar-refractivity contribution in [2.45, 2.75) is 11.5 Å². The van der Waals surface area contributed by atoms with E-state index in [-0.39, 0.29) is 5.91 Å². The molecule has 0 atom stereocenters. The second-order valence-corrected chi connectivity index (χ2v) is 6.24. The van der Waals surface area contributed by atoms with Gasteiger partial charge in [0.15, 0.2) is 0 Å². The Morgan fingerprint density at radius 2 is 1.96 bits per heavy atom. The van der Waals surface area contributed by atoms with Crippen molar-refractivity contribution >= 4 is 23.4 Å². The van der Waals surface area contributed by atoms with Crippen LogP contribution in [0.25, 0.3) is 0 Å².